The molecule has 0 saturated heterocycles. The van der Waals surface area contributed by atoms with Gasteiger partial charge in [-0.3, -0.25) is 0 Å². The third-order valence-electron chi connectivity index (χ3n) is 6.60. The molecule has 0 aliphatic heterocycles. The first-order valence-electron chi connectivity index (χ1n) is 11.2. The van der Waals surface area contributed by atoms with E-state index in [-0.39, 0.29) is 0 Å². The summed E-state index contributed by atoms with van der Waals surface area (Å²) in [5, 5.41) is 0. The van der Waals surface area contributed by atoms with Gasteiger partial charge in [0.05, 0.1) is 6.61 Å². The summed E-state index contributed by atoms with van der Waals surface area (Å²) in [5.41, 5.74) is 1.47. The zero-order valence-electron chi connectivity index (χ0n) is 17.3. The van der Waals surface area contributed by atoms with Crippen molar-refractivity contribution in [1.82, 2.24) is 0 Å². The molecule has 0 atom stereocenters. The van der Waals surface area contributed by atoms with Gasteiger partial charge in [0.2, 0.25) is 0 Å². The topological polar surface area (TPSA) is 9.23 Å². The van der Waals surface area contributed by atoms with E-state index in [4.69, 9.17) is 4.74 Å². The first-order chi connectivity index (χ1) is 13.3. The minimum atomic E-state index is 0.587. The monoisotopic (exact) mass is 364 g/mol. The molecular formula is C26H36O. The smallest absolute Gasteiger partial charge is 0.119 e. The van der Waals surface area contributed by atoms with Crippen molar-refractivity contribution in [2.45, 2.75) is 77.6 Å². The molecule has 1 aromatic carbocycles. The van der Waals surface area contributed by atoms with Gasteiger partial charge in [-0.05, 0) is 99.8 Å². The molecule has 27 heavy (non-hydrogen) atoms. The van der Waals surface area contributed by atoms with Gasteiger partial charge in [-0.25, -0.2) is 0 Å². The molecular weight excluding hydrogens is 328 g/mol. The minimum Gasteiger partial charge on any atom is -0.494 e. The summed E-state index contributed by atoms with van der Waals surface area (Å²) in [4.78, 5) is 0. The van der Waals surface area contributed by atoms with E-state index >= 15 is 0 Å². The largest absolute Gasteiger partial charge is 0.494 e. The number of ether oxygens (including phenoxy) is 1. The SMILES string of the molecule is CCOc1ccc([C@H]2CC[C@H](C#CC=C[C@H]3CC[C@H](CC)CC3)CC2)cc1. The summed E-state index contributed by atoms with van der Waals surface area (Å²) in [6.07, 6.45) is 16.4. The Bertz CT molecular complexity index is 629. The molecule has 2 aliphatic carbocycles. The summed E-state index contributed by atoms with van der Waals surface area (Å²) >= 11 is 0. The predicted molar refractivity (Wildman–Crippen MR) is 115 cm³/mol. The number of hydrogen-bond acceptors (Lipinski definition) is 1. The van der Waals surface area contributed by atoms with Crippen LogP contribution in [0.2, 0.25) is 0 Å². The lowest BCUT2D eigenvalue weighted by Crippen LogP contribution is -2.12. The van der Waals surface area contributed by atoms with Crippen molar-refractivity contribution in [3.8, 4) is 17.6 Å². The minimum absolute atomic E-state index is 0.587. The van der Waals surface area contributed by atoms with E-state index in [0.717, 1.165) is 24.2 Å². The van der Waals surface area contributed by atoms with Crippen LogP contribution in [0, 0.1) is 29.6 Å². The van der Waals surface area contributed by atoms with Crippen LogP contribution in [0.25, 0.3) is 0 Å². The van der Waals surface area contributed by atoms with E-state index in [9.17, 15) is 0 Å². The Kier molecular flexibility index (Phi) is 7.88. The van der Waals surface area contributed by atoms with Gasteiger partial charge in [0.15, 0.2) is 0 Å². The molecule has 3 rings (SSSR count). The van der Waals surface area contributed by atoms with Crippen molar-refractivity contribution < 1.29 is 4.74 Å². The number of allylic oxidation sites excluding steroid dienone is 2. The Morgan fingerprint density at radius 1 is 0.926 bits per heavy atom. The van der Waals surface area contributed by atoms with E-state index in [1.807, 2.05) is 6.92 Å². The second-order valence-corrected chi connectivity index (χ2v) is 8.39. The molecule has 1 heteroatoms. The van der Waals surface area contributed by atoms with Crippen molar-refractivity contribution in [2.75, 3.05) is 6.61 Å². The van der Waals surface area contributed by atoms with Crippen LogP contribution >= 0.6 is 0 Å². The molecule has 2 aliphatic rings. The standard InChI is InChI=1S/C26H36O/c1-3-21-9-11-22(12-10-21)7-5-6-8-23-13-15-24(16-14-23)25-17-19-26(20-18-25)27-4-2/h5,7,17-24H,3-4,9-16H2,1-2H3/t21-,22-,23-,24-. The maximum absolute atomic E-state index is 5.55. The molecule has 0 heterocycles. The second kappa shape index (κ2) is 10.6. The van der Waals surface area contributed by atoms with Gasteiger partial charge in [0.1, 0.15) is 5.75 Å². The van der Waals surface area contributed by atoms with Gasteiger partial charge < -0.3 is 4.74 Å². The number of rotatable bonds is 5. The lowest BCUT2D eigenvalue weighted by molar-refractivity contribution is 0.304. The fourth-order valence-corrected chi connectivity index (χ4v) is 4.71. The molecule has 146 valence electrons. The van der Waals surface area contributed by atoms with Crippen LogP contribution in [0.4, 0.5) is 0 Å². The normalized spacial score (nSPS) is 28.5. The number of benzene rings is 1. The van der Waals surface area contributed by atoms with Crippen LogP contribution in [0.1, 0.15) is 83.1 Å². The molecule has 0 bridgehead atoms. The summed E-state index contributed by atoms with van der Waals surface area (Å²) in [6.45, 7) is 5.09. The van der Waals surface area contributed by atoms with Gasteiger partial charge in [-0.1, -0.05) is 43.4 Å². The van der Waals surface area contributed by atoms with Crippen LogP contribution in [0.15, 0.2) is 36.4 Å². The van der Waals surface area contributed by atoms with Gasteiger partial charge in [0.25, 0.3) is 0 Å². The van der Waals surface area contributed by atoms with Gasteiger partial charge in [-0.15, -0.1) is 0 Å². The summed E-state index contributed by atoms with van der Waals surface area (Å²) in [7, 11) is 0. The van der Waals surface area contributed by atoms with Gasteiger partial charge in [0, 0.05) is 5.92 Å². The van der Waals surface area contributed by atoms with Gasteiger partial charge >= 0.3 is 0 Å². The first-order valence-corrected chi connectivity index (χ1v) is 11.2. The fraction of sp³-hybridized carbons (Fsp3) is 0.615. The molecule has 0 N–H and O–H groups in total. The Morgan fingerprint density at radius 2 is 1.63 bits per heavy atom. The lowest BCUT2D eigenvalue weighted by atomic mass is 9.79. The van der Waals surface area contributed by atoms with Crippen LogP contribution in [-0.2, 0) is 0 Å². The summed E-state index contributed by atoms with van der Waals surface area (Å²) in [6, 6.07) is 8.72. The van der Waals surface area contributed by atoms with Crippen LogP contribution in [-0.4, -0.2) is 6.61 Å². The molecule has 1 nitrogen and oxygen atoms in total. The molecule has 0 amide bonds. The molecule has 2 fully saturated rings. The number of hydrogen-bond donors (Lipinski definition) is 0. The quantitative estimate of drug-likeness (QED) is 0.505. The third kappa shape index (κ3) is 6.17. The van der Waals surface area contributed by atoms with Crippen LogP contribution < -0.4 is 4.74 Å². The molecule has 1 aromatic rings. The van der Waals surface area contributed by atoms with E-state index in [2.05, 4.69) is 55.2 Å². The molecule has 0 aromatic heterocycles. The highest BCUT2D eigenvalue weighted by Crippen LogP contribution is 2.36. The Hall–Kier alpha value is -1.68. The Morgan fingerprint density at radius 3 is 2.26 bits per heavy atom. The highest BCUT2D eigenvalue weighted by molar-refractivity contribution is 5.30. The van der Waals surface area contributed by atoms with Gasteiger partial charge in [-0.2, -0.15) is 0 Å². The Balaban J connectivity index is 1.41. The first kappa shape index (κ1) is 20.1. The van der Waals surface area contributed by atoms with Crippen molar-refractivity contribution >= 4 is 0 Å². The lowest BCUT2D eigenvalue weighted by Gasteiger charge is -2.26. The summed E-state index contributed by atoms with van der Waals surface area (Å²) in [5.74, 6) is 10.9. The second-order valence-electron chi connectivity index (χ2n) is 8.39. The average molecular weight is 365 g/mol. The highest BCUT2D eigenvalue weighted by Gasteiger charge is 2.21. The zero-order chi connectivity index (χ0) is 18.9. The maximum Gasteiger partial charge on any atom is 0.119 e. The maximum atomic E-state index is 5.55. The van der Waals surface area contributed by atoms with Crippen LogP contribution in [0.3, 0.4) is 0 Å². The molecule has 0 unspecified atom stereocenters. The van der Waals surface area contributed by atoms with E-state index < -0.39 is 0 Å². The van der Waals surface area contributed by atoms with Crippen LogP contribution in [0.5, 0.6) is 5.75 Å². The predicted octanol–water partition coefficient (Wildman–Crippen LogP) is 7.14. The van der Waals surface area contributed by atoms with Crippen molar-refractivity contribution in [1.29, 1.82) is 0 Å². The van der Waals surface area contributed by atoms with Crippen molar-refractivity contribution in [2.24, 2.45) is 17.8 Å². The molecule has 0 radical (unpaired) electrons. The zero-order valence-corrected chi connectivity index (χ0v) is 17.3. The highest BCUT2D eigenvalue weighted by atomic mass is 16.5. The fourth-order valence-electron chi connectivity index (χ4n) is 4.71. The molecule has 0 spiro atoms. The van der Waals surface area contributed by atoms with E-state index in [1.165, 1.54) is 63.4 Å². The van der Waals surface area contributed by atoms with Crippen molar-refractivity contribution in [3.05, 3.63) is 42.0 Å². The molecule has 2 saturated carbocycles. The average Bonchev–Trinajstić information content (AvgIpc) is 2.73. The third-order valence-corrected chi connectivity index (χ3v) is 6.60. The summed E-state index contributed by atoms with van der Waals surface area (Å²) < 4.78 is 5.55. The van der Waals surface area contributed by atoms with E-state index in [0.29, 0.717) is 11.8 Å². The van der Waals surface area contributed by atoms with Crippen molar-refractivity contribution in [3.63, 3.8) is 0 Å². The Labute approximate surface area is 166 Å². The van der Waals surface area contributed by atoms with E-state index in [1.54, 1.807) is 0 Å².